The summed E-state index contributed by atoms with van der Waals surface area (Å²) in [6.07, 6.45) is 5.70. The number of aryl methyl sites for hydroxylation is 1. The Morgan fingerprint density at radius 2 is 2.00 bits per heavy atom. The summed E-state index contributed by atoms with van der Waals surface area (Å²) in [5.41, 5.74) is 2.44. The first kappa shape index (κ1) is 14.7. The van der Waals surface area contributed by atoms with Crippen molar-refractivity contribution in [3.8, 4) is 0 Å². The smallest absolute Gasteiger partial charge is 0.136 e. The number of hydrogen-bond acceptors (Lipinski definition) is 3. The number of benzene rings is 1. The van der Waals surface area contributed by atoms with Crippen molar-refractivity contribution >= 4 is 24.0 Å². The van der Waals surface area contributed by atoms with E-state index in [1.54, 1.807) is 12.1 Å². The molecule has 1 aromatic carbocycles. The first-order valence-corrected chi connectivity index (χ1v) is 8.61. The van der Waals surface area contributed by atoms with E-state index in [9.17, 15) is 4.39 Å². The van der Waals surface area contributed by atoms with Gasteiger partial charge in [-0.1, -0.05) is 30.8 Å². The highest BCUT2D eigenvalue weighted by Gasteiger charge is 2.12. The van der Waals surface area contributed by atoms with Crippen LogP contribution in [0.1, 0.15) is 36.3 Å². The number of nitrogens with one attached hydrogen (secondary N) is 1. The van der Waals surface area contributed by atoms with Crippen LogP contribution in [-0.4, -0.2) is 9.97 Å². The predicted octanol–water partition coefficient (Wildman–Crippen LogP) is 4.84. The van der Waals surface area contributed by atoms with Crippen LogP contribution in [0, 0.1) is 10.5 Å². The second kappa shape index (κ2) is 6.71. The maximum atomic E-state index is 13.6. The van der Waals surface area contributed by atoms with Crippen LogP contribution >= 0.6 is 24.0 Å². The number of H-pyrrole nitrogens is 1. The summed E-state index contributed by atoms with van der Waals surface area (Å²) in [5, 5.41) is 0. The van der Waals surface area contributed by atoms with Gasteiger partial charge in [0.15, 0.2) is 0 Å². The van der Waals surface area contributed by atoms with Crippen molar-refractivity contribution in [1.82, 2.24) is 9.97 Å². The molecule has 0 amide bonds. The largest absolute Gasteiger partial charge is 0.346 e. The lowest BCUT2D eigenvalue weighted by atomic mass is 10.1. The third-order valence-electron chi connectivity index (χ3n) is 3.71. The highest BCUT2D eigenvalue weighted by atomic mass is 32.2. The number of rotatable bonds is 3. The van der Waals surface area contributed by atoms with Gasteiger partial charge in [0.25, 0.3) is 0 Å². The van der Waals surface area contributed by atoms with E-state index in [1.165, 1.54) is 48.3 Å². The van der Waals surface area contributed by atoms with Crippen molar-refractivity contribution in [2.45, 2.75) is 42.8 Å². The molecule has 0 fully saturated rings. The molecule has 3 rings (SSSR count). The van der Waals surface area contributed by atoms with E-state index < -0.39 is 0 Å². The van der Waals surface area contributed by atoms with Crippen molar-refractivity contribution in [1.29, 1.82) is 0 Å². The highest BCUT2D eigenvalue weighted by molar-refractivity contribution is 7.98. The minimum absolute atomic E-state index is 0.184. The van der Waals surface area contributed by atoms with Gasteiger partial charge in [0.05, 0.1) is 5.75 Å². The number of hydrogen-bond donors (Lipinski definition) is 1. The third kappa shape index (κ3) is 3.52. The first-order chi connectivity index (χ1) is 10.2. The van der Waals surface area contributed by atoms with Crippen LogP contribution < -0.4 is 0 Å². The van der Waals surface area contributed by atoms with Gasteiger partial charge in [0, 0.05) is 16.2 Å². The Bertz CT molecular complexity index is 697. The molecule has 5 heteroatoms. The van der Waals surface area contributed by atoms with Crippen LogP contribution in [0.25, 0.3) is 0 Å². The lowest BCUT2D eigenvalue weighted by Gasteiger charge is -2.09. The molecule has 1 aromatic heterocycles. The SMILES string of the molecule is Fc1ccccc1SCc1nc(=S)c2c([nH]1)CCCCC2. The fourth-order valence-corrected chi connectivity index (χ4v) is 3.77. The average Bonchev–Trinajstić information content (AvgIpc) is 2.72. The van der Waals surface area contributed by atoms with Crippen LogP contribution in [0.2, 0.25) is 0 Å². The molecular formula is C16H17FN2S2. The van der Waals surface area contributed by atoms with Crippen LogP contribution in [0.3, 0.4) is 0 Å². The van der Waals surface area contributed by atoms with E-state index >= 15 is 0 Å². The second-order valence-corrected chi connectivity index (χ2v) is 6.63. The number of halogens is 1. The minimum atomic E-state index is -0.184. The zero-order valence-corrected chi connectivity index (χ0v) is 13.3. The topological polar surface area (TPSA) is 28.7 Å². The van der Waals surface area contributed by atoms with E-state index in [2.05, 4.69) is 9.97 Å². The Kier molecular flexibility index (Phi) is 4.70. The molecule has 1 heterocycles. The van der Waals surface area contributed by atoms with Crippen molar-refractivity contribution < 1.29 is 4.39 Å². The molecule has 2 aromatic rings. The molecule has 2 nitrogen and oxygen atoms in total. The Morgan fingerprint density at radius 1 is 1.19 bits per heavy atom. The van der Waals surface area contributed by atoms with Crippen LogP contribution in [0.4, 0.5) is 4.39 Å². The number of thioether (sulfide) groups is 1. The molecule has 1 N–H and O–H groups in total. The number of nitrogens with zero attached hydrogens (tertiary/aromatic N) is 1. The fourth-order valence-electron chi connectivity index (χ4n) is 2.62. The molecule has 0 atom stereocenters. The van der Waals surface area contributed by atoms with Gasteiger partial charge in [-0.15, -0.1) is 11.8 Å². The molecule has 0 bridgehead atoms. The average molecular weight is 320 g/mol. The van der Waals surface area contributed by atoms with Gasteiger partial charge in [-0.2, -0.15) is 0 Å². The standard InChI is InChI=1S/C16H17FN2S2/c17-12-7-4-5-9-14(12)21-10-15-18-13-8-3-1-2-6-11(13)16(20)19-15/h4-5,7,9H,1-3,6,8,10H2,(H,18,19,20). The third-order valence-corrected chi connectivity index (χ3v) is 5.11. The quantitative estimate of drug-likeness (QED) is 0.498. The molecule has 0 aliphatic heterocycles. The Hall–Kier alpha value is -1.20. The van der Waals surface area contributed by atoms with Gasteiger partial charge in [-0.25, -0.2) is 9.37 Å². The predicted molar refractivity (Wildman–Crippen MR) is 86.6 cm³/mol. The number of aromatic amines is 1. The summed E-state index contributed by atoms with van der Waals surface area (Å²) in [4.78, 5) is 8.55. The van der Waals surface area contributed by atoms with E-state index in [4.69, 9.17) is 12.2 Å². The summed E-state index contributed by atoms with van der Waals surface area (Å²) >= 11 is 6.88. The van der Waals surface area contributed by atoms with Gasteiger partial charge >= 0.3 is 0 Å². The molecule has 0 unspecified atom stereocenters. The molecule has 0 saturated carbocycles. The molecule has 110 valence electrons. The van der Waals surface area contributed by atoms with Crippen molar-refractivity contribution in [2.75, 3.05) is 0 Å². The molecule has 0 saturated heterocycles. The van der Waals surface area contributed by atoms with E-state index in [-0.39, 0.29) is 5.82 Å². The van der Waals surface area contributed by atoms with E-state index in [1.807, 2.05) is 6.07 Å². The molecule has 0 radical (unpaired) electrons. The summed E-state index contributed by atoms with van der Waals surface area (Å²) in [6.45, 7) is 0. The molecule has 1 aliphatic carbocycles. The highest BCUT2D eigenvalue weighted by Crippen LogP contribution is 2.25. The molecule has 1 aliphatic rings. The summed E-state index contributed by atoms with van der Waals surface area (Å²) in [6, 6.07) is 6.82. The van der Waals surface area contributed by atoms with E-state index in [0.29, 0.717) is 10.6 Å². The second-order valence-electron chi connectivity index (χ2n) is 5.23. The first-order valence-electron chi connectivity index (χ1n) is 7.22. The van der Waals surface area contributed by atoms with Crippen LogP contribution in [-0.2, 0) is 18.6 Å². The van der Waals surface area contributed by atoms with Crippen molar-refractivity contribution in [3.05, 3.63) is 51.8 Å². The zero-order chi connectivity index (χ0) is 14.7. The lowest BCUT2D eigenvalue weighted by molar-refractivity contribution is 0.602. The van der Waals surface area contributed by atoms with Crippen LogP contribution in [0.5, 0.6) is 0 Å². The van der Waals surface area contributed by atoms with Crippen LogP contribution in [0.15, 0.2) is 29.2 Å². The summed E-state index contributed by atoms with van der Waals surface area (Å²) in [7, 11) is 0. The Morgan fingerprint density at radius 3 is 2.86 bits per heavy atom. The lowest BCUT2D eigenvalue weighted by Crippen LogP contribution is -2.04. The van der Waals surface area contributed by atoms with E-state index in [0.717, 1.165) is 23.3 Å². The Labute approximate surface area is 133 Å². The monoisotopic (exact) mass is 320 g/mol. The van der Waals surface area contributed by atoms with Crippen molar-refractivity contribution in [3.63, 3.8) is 0 Å². The maximum Gasteiger partial charge on any atom is 0.136 e. The minimum Gasteiger partial charge on any atom is -0.346 e. The number of fused-ring (bicyclic) bond motifs is 1. The maximum absolute atomic E-state index is 13.6. The molecule has 0 spiro atoms. The zero-order valence-electron chi connectivity index (χ0n) is 11.7. The molecular weight excluding hydrogens is 303 g/mol. The van der Waals surface area contributed by atoms with Gasteiger partial charge in [0.1, 0.15) is 16.3 Å². The van der Waals surface area contributed by atoms with Crippen molar-refractivity contribution in [2.24, 2.45) is 0 Å². The molecule has 21 heavy (non-hydrogen) atoms. The normalized spacial score (nSPS) is 14.5. The number of aromatic nitrogens is 2. The van der Waals surface area contributed by atoms with Gasteiger partial charge in [-0.05, 0) is 37.8 Å². The van der Waals surface area contributed by atoms with Gasteiger partial charge in [0.2, 0.25) is 0 Å². The van der Waals surface area contributed by atoms with Gasteiger partial charge in [-0.3, -0.25) is 0 Å². The summed E-state index contributed by atoms with van der Waals surface area (Å²) < 4.78 is 14.3. The Balaban J connectivity index is 1.80. The summed E-state index contributed by atoms with van der Waals surface area (Å²) in [5.74, 6) is 1.27. The fraction of sp³-hybridized carbons (Fsp3) is 0.375. The van der Waals surface area contributed by atoms with Gasteiger partial charge < -0.3 is 4.98 Å².